The van der Waals surface area contributed by atoms with E-state index in [0.29, 0.717) is 13.0 Å². The summed E-state index contributed by atoms with van der Waals surface area (Å²) in [5.74, 6) is 0.266. The summed E-state index contributed by atoms with van der Waals surface area (Å²) in [5.41, 5.74) is 2.65. The Morgan fingerprint density at radius 3 is 2.67 bits per heavy atom. The van der Waals surface area contributed by atoms with Gasteiger partial charge in [0.1, 0.15) is 0 Å². The van der Waals surface area contributed by atoms with Gasteiger partial charge in [0, 0.05) is 33.0 Å². The minimum absolute atomic E-state index is 0.0121. The van der Waals surface area contributed by atoms with Crippen molar-refractivity contribution in [2.45, 2.75) is 45.6 Å². The lowest BCUT2D eigenvalue weighted by Crippen LogP contribution is -2.35. The molecular formula is C17H24N2O2. The summed E-state index contributed by atoms with van der Waals surface area (Å²) >= 11 is 0. The van der Waals surface area contributed by atoms with Gasteiger partial charge in [0.2, 0.25) is 11.8 Å². The van der Waals surface area contributed by atoms with Crippen molar-refractivity contribution in [2.75, 3.05) is 13.1 Å². The van der Waals surface area contributed by atoms with Crippen molar-refractivity contribution in [1.82, 2.24) is 10.2 Å². The van der Waals surface area contributed by atoms with Crippen molar-refractivity contribution >= 4 is 11.8 Å². The van der Waals surface area contributed by atoms with Crippen LogP contribution >= 0.6 is 0 Å². The Morgan fingerprint density at radius 2 is 1.90 bits per heavy atom. The second-order valence-corrected chi connectivity index (χ2v) is 5.63. The number of fused-ring (bicyclic) bond motifs is 1. The van der Waals surface area contributed by atoms with E-state index in [1.807, 2.05) is 11.0 Å². The van der Waals surface area contributed by atoms with Gasteiger partial charge in [-0.2, -0.15) is 0 Å². The lowest BCUT2D eigenvalue weighted by atomic mass is 9.99. The highest BCUT2D eigenvalue weighted by Gasteiger charge is 2.19. The van der Waals surface area contributed by atoms with Crippen LogP contribution in [0.4, 0.5) is 0 Å². The molecule has 1 aromatic rings. The van der Waals surface area contributed by atoms with Crippen LogP contribution in [0, 0.1) is 0 Å². The molecule has 4 heteroatoms. The van der Waals surface area contributed by atoms with Crippen molar-refractivity contribution in [3.63, 3.8) is 0 Å². The van der Waals surface area contributed by atoms with Gasteiger partial charge in [0.15, 0.2) is 0 Å². The minimum atomic E-state index is 0.0121. The molecule has 0 saturated heterocycles. The molecule has 1 N–H and O–H groups in total. The number of carbonyl (C=O) groups is 2. The predicted molar refractivity (Wildman–Crippen MR) is 82.7 cm³/mol. The topological polar surface area (TPSA) is 49.4 Å². The van der Waals surface area contributed by atoms with Crippen molar-refractivity contribution < 1.29 is 9.59 Å². The van der Waals surface area contributed by atoms with Crippen molar-refractivity contribution in [2.24, 2.45) is 0 Å². The summed E-state index contributed by atoms with van der Waals surface area (Å²) < 4.78 is 0. The third kappa shape index (κ3) is 4.88. The molecular weight excluding hydrogens is 264 g/mol. The monoisotopic (exact) mass is 288 g/mol. The Kier molecular flexibility index (Phi) is 5.78. The molecule has 1 aliphatic rings. The fourth-order valence-electron chi connectivity index (χ4n) is 2.71. The maximum absolute atomic E-state index is 12.2. The van der Waals surface area contributed by atoms with E-state index >= 15 is 0 Å². The number of hydrogen-bond acceptors (Lipinski definition) is 2. The van der Waals surface area contributed by atoms with Gasteiger partial charge in [0.05, 0.1) is 0 Å². The first-order chi connectivity index (χ1) is 10.2. The normalized spacial score (nSPS) is 13.7. The molecule has 0 radical (unpaired) electrons. The van der Waals surface area contributed by atoms with Crippen molar-refractivity contribution in [3.8, 4) is 0 Å². The third-order valence-electron chi connectivity index (χ3n) is 3.92. The molecule has 0 bridgehead atoms. The number of hydrogen-bond donors (Lipinski definition) is 1. The molecule has 1 aliphatic heterocycles. The van der Waals surface area contributed by atoms with E-state index < -0.39 is 0 Å². The SMILES string of the molecule is CC(=O)NCCCCCC(=O)N1CCc2ccccc2C1. The van der Waals surface area contributed by atoms with Crippen LogP contribution in [-0.4, -0.2) is 29.8 Å². The van der Waals surface area contributed by atoms with Gasteiger partial charge in [-0.25, -0.2) is 0 Å². The number of carbonyl (C=O) groups excluding carboxylic acids is 2. The highest BCUT2D eigenvalue weighted by Crippen LogP contribution is 2.19. The van der Waals surface area contributed by atoms with Crippen LogP contribution in [0.5, 0.6) is 0 Å². The first-order valence-electron chi connectivity index (χ1n) is 7.76. The quantitative estimate of drug-likeness (QED) is 0.816. The number of rotatable bonds is 6. The van der Waals surface area contributed by atoms with E-state index in [2.05, 4.69) is 23.5 Å². The van der Waals surface area contributed by atoms with Crippen LogP contribution < -0.4 is 5.32 Å². The molecule has 2 amide bonds. The number of amides is 2. The number of unbranched alkanes of at least 4 members (excludes halogenated alkanes) is 2. The first kappa shape index (κ1) is 15.5. The van der Waals surface area contributed by atoms with Gasteiger partial charge in [0.25, 0.3) is 0 Å². The molecule has 0 aliphatic carbocycles. The van der Waals surface area contributed by atoms with Crippen molar-refractivity contribution in [1.29, 1.82) is 0 Å². The standard InChI is InChI=1S/C17H24N2O2/c1-14(20)18-11-6-2-3-9-17(21)19-12-10-15-7-4-5-8-16(15)13-19/h4-5,7-8H,2-3,6,9-13H2,1H3,(H,18,20). The number of nitrogens with zero attached hydrogens (tertiary/aromatic N) is 1. The summed E-state index contributed by atoms with van der Waals surface area (Å²) in [6, 6.07) is 8.36. The van der Waals surface area contributed by atoms with E-state index in [-0.39, 0.29) is 11.8 Å². The Balaban J connectivity index is 1.67. The van der Waals surface area contributed by atoms with Crippen LogP contribution in [0.15, 0.2) is 24.3 Å². The van der Waals surface area contributed by atoms with Gasteiger partial charge < -0.3 is 10.2 Å². The zero-order valence-corrected chi connectivity index (χ0v) is 12.7. The molecule has 0 unspecified atom stereocenters. The molecule has 0 atom stereocenters. The highest BCUT2D eigenvalue weighted by molar-refractivity contribution is 5.76. The number of nitrogens with one attached hydrogen (secondary N) is 1. The van der Waals surface area contributed by atoms with Gasteiger partial charge >= 0.3 is 0 Å². The first-order valence-corrected chi connectivity index (χ1v) is 7.76. The lowest BCUT2D eigenvalue weighted by molar-refractivity contribution is -0.132. The fourth-order valence-corrected chi connectivity index (χ4v) is 2.71. The van der Waals surface area contributed by atoms with E-state index in [1.165, 1.54) is 18.1 Å². The van der Waals surface area contributed by atoms with Crippen molar-refractivity contribution in [3.05, 3.63) is 35.4 Å². The Morgan fingerprint density at radius 1 is 1.14 bits per heavy atom. The van der Waals surface area contributed by atoms with E-state index in [4.69, 9.17) is 0 Å². The molecule has 0 fully saturated rings. The molecule has 1 heterocycles. The van der Waals surface area contributed by atoms with E-state index in [9.17, 15) is 9.59 Å². The fraction of sp³-hybridized carbons (Fsp3) is 0.529. The summed E-state index contributed by atoms with van der Waals surface area (Å²) in [6.07, 6.45) is 4.40. The van der Waals surface area contributed by atoms with Crippen LogP contribution in [0.25, 0.3) is 0 Å². The maximum Gasteiger partial charge on any atom is 0.222 e. The lowest BCUT2D eigenvalue weighted by Gasteiger charge is -2.29. The van der Waals surface area contributed by atoms with Gasteiger partial charge in [-0.1, -0.05) is 30.7 Å². The Labute approximate surface area is 126 Å². The van der Waals surface area contributed by atoms with Crippen LogP contribution in [0.2, 0.25) is 0 Å². The molecule has 21 heavy (non-hydrogen) atoms. The van der Waals surface area contributed by atoms with E-state index in [1.54, 1.807) is 0 Å². The highest BCUT2D eigenvalue weighted by atomic mass is 16.2. The molecule has 0 spiro atoms. The second-order valence-electron chi connectivity index (χ2n) is 5.63. The predicted octanol–water partition coefficient (Wildman–Crippen LogP) is 2.27. The molecule has 0 saturated carbocycles. The zero-order valence-electron chi connectivity index (χ0n) is 12.7. The second kappa shape index (κ2) is 7.81. The van der Waals surface area contributed by atoms with Crippen LogP contribution in [0.1, 0.15) is 43.7 Å². The molecule has 114 valence electrons. The largest absolute Gasteiger partial charge is 0.356 e. The summed E-state index contributed by atoms with van der Waals surface area (Å²) in [7, 11) is 0. The minimum Gasteiger partial charge on any atom is -0.356 e. The Hall–Kier alpha value is -1.84. The Bertz CT molecular complexity index is 499. The molecule has 4 nitrogen and oxygen atoms in total. The molecule has 1 aromatic carbocycles. The van der Waals surface area contributed by atoms with Gasteiger partial charge in [-0.3, -0.25) is 9.59 Å². The van der Waals surface area contributed by atoms with Crippen LogP contribution in [-0.2, 0) is 22.6 Å². The van der Waals surface area contributed by atoms with Gasteiger partial charge in [-0.05, 0) is 30.4 Å². The summed E-state index contributed by atoms with van der Waals surface area (Å²) in [4.78, 5) is 24.9. The smallest absolute Gasteiger partial charge is 0.222 e. The average molecular weight is 288 g/mol. The zero-order chi connectivity index (χ0) is 15.1. The summed E-state index contributed by atoms with van der Waals surface area (Å²) in [6.45, 7) is 3.82. The third-order valence-corrected chi connectivity index (χ3v) is 3.92. The molecule has 0 aromatic heterocycles. The molecule has 2 rings (SSSR count). The number of benzene rings is 1. The average Bonchev–Trinajstić information content (AvgIpc) is 2.49. The van der Waals surface area contributed by atoms with Crippen LogP contribution in [0.3, 0.4) is 0 Å². The van der Waals surface area contributed by atoms with Gasteiger partial charge in [-0.15, -0.1) is 0 Å². The summed E-state index contributed by atoms with van der Waals surface area (Å²) in [5, 5.41) is 2.77. The maximum atomic E-state index is 12.2. The van der Waals surface area contributed by atoms with E-state index in [0.717, 1.165) is 38.8 Å².